The second kappa shape index (κ2) is 4.01. The molecule has 0 atom stereocenters. The summed E-state index contributed by atoms with van der Waals surface area (Å²) in [7, 11) is 2.07. The Morgan fingerprint density at radius 3 is 1.93 bits per heavy atom. The van der Waals surface area contributed by atoms with Crippen molar-refractivity contribution in [3.8, 4) is 5.75 Å². The normalized spacial score (nSPS) is 9.71. The summed E-state index contributed by atoms with van der Waals surface area (Å²) in [5.74, 6) is 0.301. The van der Waals surface area contributed by atoms with Gasteiger partial charge in [-0.05, 0) is 12.1 Å². The lowest BCUT2D eigenvalue weighted by molar-refractivity contribution is 0.475. The van der Waals surface area contributed by atoms with Crippen LogP contribution in [0.25, 0.3) is 0 Å². The number of aromatic hydroxyl groups is 1. The zero-order valence-electron chi connectivity index (χ0n) is 7.72. The molecule has 2 aromatic carbocycles. The lowest BCUT2D eigenvalue weighted by atomic mass is 9.64. The van der Waals surface area contributed by atoms with Crippen molar-refractivity contribution in [3.63, 3.8) is 0 Å². The van der Waals surface area contributed by atoms with E-state index in [-0.39, 0.29) is 0 Å². The molecule has 1 radical (unpaired) electrons. The van der Waals surface area contributed by atoms with Crippen LogP contribution in [-0.2, 0) is 0 Å². The fourth-order valence-electron chi connectivity index (χ4n) is 1.31. The lowest BCUT2D eigenvalue weighted by Crippen LogP contribution is -2.26. The molecule has 1 nitrogen and oxygen atoms in total. The Labute approximate surface area is 84.3 Å². The Balaban J connectivity index is 2.16. The van der Waals surface area contributed by atoms with Gasteiger partial charge in [-0.25, -0.2) is 0 Å². The highest BCUT2D eigenvalue weighted by Crippen LogP contribution is 2.02. The van der Waals surface area contributed by atoms with Gasteiger partial charge < -0.3 is 5.11 Å². The van der Waals surface area contributed by atoms with E-state index >= 15 is 0 Å². The number of hydrogen-bond acceptors (Lipinski definition) is 1. The Kier molecular flexibility index (Phi) is 2.54. The first-order valence-corrected chi connectivity index (χ1v) is 4.53. The van der Waals surface area contributed by atoms with Crippen LogP contribution in [0, 0.1) is 0 Å². The molecule has 0 saturated heterocycles. The minimum absolute atomic E-state index is 0.301. The summed E-state index contributed by atoms with van der Waals surface area (Å²) in [6.07, 6.45) is 0. The third kappa shape index (κ3) is 2.16. The summed E-state index contributed by atoms with van der Waals surface area (Å²) in [5, 5.41) is 9.11. The van der Waals surface area contributed by atoms with Crippen molar-refractivity contribution in [2.45, 2.75) is 0 Å². The minimum Gasteiger partial charge on any atom is -0.508 e. The highest BCUT2D eigenvalue weighted by molar-refractivity contribution is 6.67. The van der Waals surface area contributed by atoms with Gasteiger partial charge >= 0.3 is 0 Å². The first-order valence-electron chi connectivity index (χ1n) is 4.53. The second-order valence-electron chi connectivity index (χ2n) is 3.15. The number of phenolic OH excluding ortho intramolecular Hbond substituents is 1. The maximum Gasteiger partial charge on any atom is 0.191 e. The Bertz CT molecular complexity index is 394. The van der Waals surface area contributed by atoms with Crippen molar-refractivity contribution in [3.05, 3.63) is 54.6 Å². The van der Waals surface area contributed by atoms with Crippen LogP contribution in [0.2, 0.25) is 0 Å². The Hall–Kier alpha value is -1.70. The van der Waals surface area contributed by atoms with Crippen LogP contribution in [0.3, 0.4) is 0 Å². The number of hydrogen-bond donors (Lipinski definition) is 1. The maximum atomic E-state index is 9.11. The predicted octanol–water partition coefficient (Wildman–Crippen LogP) is 1.05. The average Bonchev–Trinajstić information content (AvgIpc) is 2.23. The molecule has 67 valence electrons. The molecule has 0 aliphatic carbocycles. The van der Waals surface area contributed by atoms with Crippen molar-refractivity contribution >= 4 is 18.2 Å². The first-order chi connectivity index (χ1) is 6.84. The summed E-state index contributed by atoms with van der Waals surface area (Å²) >= 11 is 0. The molecule has 0 unspecified atom stereocenters. The molecule has 0 aromatic heterocycles. The van der Waals surface area contributed by atoms with E-state index in [2.05, 4.69) is 7.28 Å². The van der Waals surface area contributed by atoms with Gasteiger partial charge in [0.15, 0.2) is 7.28 Å². The van der Waals surface area contributed by atoms with Crippen LogP contribution in [0.4, 0.5) is 0 Å². The maximum absolute atomic E-state index is 9.11. The molecular formula is C12H10BO. The van der Waals surface area contributed by atoms with Crippen LogP contribution < -0.4 is 10.9 Å². The highest BCUT2D eigenvalue weighted by atomic mass is 16.3. The second-order valence-corrected chi connectivity index (χ2v) is 3.15. The molecule has 0 amide bonds. The van der Waals surface area contributed by atoms with Crippen molar-refractivity contribution < 1.29 is 5.11 Å². The summed E-state index contributed by atoms with van der Waals surface area (Å²) in [6.45, 7) is 0. The molecule has 2 heteroatoms. The van der Waals surface area contributed by atoms with E-state index in [0.717, 1.165) is 10.9 Å². The van der Waals surface area contributed by atoms with E-state index in [9.17, 15) is 0 Å². The SMILES string of the molecule is Oc1ccc([B]c2ccccc2)cc1. The highest BCUT2D eigenvalue weighted by Gasteiger charge is 1.97. The molecule has 0 aliphatic heterocycles. The fraction of sp³-hybridized carbons (Fsp3) is 0. The molecule has 2 aromatic rings. The van der Waals surface area contributed by atoms with Crippen LogP contribution >= 0.6 is 0 Å². The molecule has 0 fully saturated rings. The van der Waals surface area contributed by atoms with Gasteiger partial charge in [-0.15, -0.1) is 0 Å². The van der Waals surface area contributed by atoms with Crippen molar-refractivity contribution in [1.29, 1.82) is 0 Å². The average molecular weight is 181 g/mol. The van der Waals surface area contributed by atoms with Gasteiger partial charge in [-0.2, -0.15) is 0 Å². The third-order valence-electron chi connectivity index (χ3n) is 2.03. The molecular weight excluding hydrogens is 171 g/mol. The van der Waals surface area contributed by atoms with Crippen LogP contribution in [0.5, 0.6) is 5.75 Å². The smallest absolute Gasteiger partial charge is 0.191 e. The van der Waals surface area contributed by atoms with Gasteiger partial charge in [-0.3, -0.25) is 0 Å². The topological polar surface area (TPSA) is 20.2 Å². The summed E-state index contributed by atoms with van der Waals surface area (Å²) in [4.78, 5) is 0. The first kappa shape index (κ1) is 8.88. The van der Waals surface area contributed by atoms with E-state index in [1.807, 2.05) is 42.5 Å². The van der Waals surface area contributed by atoms with Crippen LogP contribution in [-0.4, -0.2) is 12.4 Å². The van der Waals surface area contributed by atoms with E-state index in [1.165, 1.54) is 0 Å². The van der Waals surface area contributed by atoms with Crippen molar-refractivity contribution in [1.82, 2.24) is 0 Å². The van der Waals surface area contributed by atoms with Gasteiger partial charge in [0.2, 0.25) is 0 Å². The Morgan fingerprint density at radius 2 is 1.29 bits per heavy atom. The van der Waals surface area contributed by atoms with E-state index in [4.69, 9.17) is 5.11 Å². The molecule has 0 heterocycles. The summed E-state index contributed by atoms with van der Waals surface area (Å²) in [5.41, 5.74) is 2.26. The standard InChI is InChI=1S/C12H10BO/c14-12-8-6-11(7-9-12)13-10-4-2-1-3-5-10/h1-9,14H. The largest absolute Gasteiger partial charge is 0.508 e. The quantitative estimate of drug-likeness (QED) is 0.686. The molecule has 14 heavy (non-hydrogen) atoms. The van der Waals surface area contributed by atoms with Gasteiger partial charge in [0.05, 0.1) is 0 Å². The number of benzene rings is 2. The van der Waals surface area contributed by atoms with Gasteiger partial charge in [0, 0.05) is 0 Å². The number of phenols is 1. The van der Waals surface area contributed by atoms with Gasteiger partial charge in [0.1, 0.15) is 5.75 Å². The molecule has 0 bridgehead atoms. The van der Waals surface area contributed by atoms with Crippen LogP contribution in [0.1, 0.15) is 0 Å². The Morgan fingerprint density at radius 1 is 0.714 bits per heavy atom. The lowest BCUT2D eigenvalue weighted by Gasteiger charge is -1.99. The molecule has 0 spiro atoms. The molecule has 0 saturated carbocycles. The van der Waals surface area contributed by atoms with Crippen LogP contribution in [0.15, 0.2) is 54.6 Å². The van der Waals surface area contributed by atoms with Crippen molar-refractivity contribution in [2.24, 2.45) is 0 Å². The summed E-state index contributed by atoms with van der Waals surface area (Å²) in [6, 6.07) is 17.3. The zero-order chi connectivity index (χ0) is 9.80. The predicted molar refractivity (Wildman–Crippen MR) is 59.6 cm³/mol. The van der Waals surface area contributed by atoms with Crippen molar-refractivity contribution in [2.75, 3.05) is 0 Å². The molecule has 2 rings (SSSR count). The summed E-state index contributed by atoms with van der Waals surface area (Å²) < 4.78 is 0. The number of rotatable bonds is 2. The van der Waals surface area contributed by atoms with E-state index in [0.29, 0.717) is 5.75 Å². The monoisotopic (exact) mass is 181 g/mol. The zero-order valence-corrected chi connectivity index (χ0v) is 7.72. The minimum atomic E-state index is 0.301. The third-order valence-corrected chi connectivity index (χ3v) is 2.03. The van der Waals surface area contributed by atoms with E-state index in [1.54, 1.807) is 12.1 Å². The van der Waals surface area contributed by atoms with Gasteiger partial charge in [0.25, 0.3) is 0 Å². The molecule has 1 N–H and O–H groups in total. The van der Waals surface area contributed by atoms with Gasteiger partial charge in [-0.1, -0.05) is 53.4 Å². The fourth-order valence-corrected chi connectivity index (χ4v) is 1.31. The molecule has 0 aliphatic rings. The van der Waals surface area contributed by atoms with E-state index < -0.39 is 0 Å².